The van der Waals surface area contributed by atoms with Crippen molar-refractivity contribution in [1.29, 1.82) is 0 Å². The average Bonchev–Trinajstić information content (AvgIpc) is 2.49. The Kier molecular flexibility index (Phi) is 5.72. The summed E-state index contributed by atoms with van der Waals surface area (Å²) < 4.78 is 0. The summed E-state index contributed by atoms with van der Waals surface area (Å²) in [7, 11) is 2.13. The van der Waals surface area contributed by atoms with Gasteiger partial charge in [-0.25, -0.2) is 0 Å². The predicted molar refractivity (Wildman–Crippen MR) is 89.1 cm³/mol. The second-order valence-electron chi connectivity index (χ2n) is 6.32. The number of hydrogen-bond acceptors (Lipinski definition) is 3. The summed E-state index contributed by atoms with van der Waals surface area (Å²) in [5.41, 5.74) is 2.51. The van der Waals surface area contributed by atoms with Crippen molar-refractivity contribution in [3.63, 3.8) is 0 Å². The average molecular weight is 302 g/mol. The van der Waals surface area contributed by atoms with Crippen LogP contribution in [0.3, 0.4) is 0 Å². The molecule has 1 amide bonds. The Hall–Kier alpha value is -1.68. The number of nitrogens with zero attached hydrogens (tertiary/aromatic N) is 1. The number of carbonyl (C=O) groups excluding carboxylic acids is 2. The zero-order valence-corrected chi connectivity index (χ0v) is 13.8. The lowest BCUT2D eigenvalue weighted by atomic mass is 9.94. The molecule has 1 aromatic carbocycles. The molecule has 0 spiro atoms. The second-order valence-corrected chi connectivity index (χ2v) is 6.32. The Morgan fingerprint density at radius 1 is 1.18 bits per heavy atom. The van der Waals surface area contributed by atoms with Crippen LogP contribution in [0.5, 0.6) is 0 Å². The third-order valence-corrected chi connectivity index (χ3v) is 4.44. The van der Waals surface area contributed by atoms with Crippen molar-refractivity contribution >= 4 is 17.4 Å². The highest BCUT2D eigenvalue weighted by Gasteiger charge is 2.19. The number of amides is 1. The van der Waals surface area contributed by atoms with Crippen molar-refractivity contribution in [3.05, 3.63) is 29.3 Å². The van der Waals surface area contributed by atoms with E-state index in [1.54, 1.807) is 13.0 Å². The normalized spacial score (nSPS) is 15.8. The molecule has 1 aliphatic carbocycles. The van der Waals surface area contributed by atoms with Crippen LogP contribution in [0, 0.1) is 0 Å². The molecule has 1 aromatic rings. The number of nitrogens with one attached hydrogen (secondary N) is 1. The third-order valence-electron chi connectivity index (χ3n) is 4.44. The molecule has 1 saturated carbocycles. The molecule has 22 heavy (non-hydrogen) atoms. The number of benzene rings is 1. The lowest BCUT2D eigenvalue weighted by Gasteiger charge is -2.31. The highest BCUT2D eigenvalue weighted by molar-refractivity contribution is 5.96. The molecule has 0 saturated heterocycles. The molecule has 1 N–H and O–H groups in total. The maximum atomic E-state index is 11.6. The maximum absolute atomic E-state index is 11.6. The molecule has 0 radical (unpaired) electrons. The van der Waals surface area contributed by atoms with E-state index in [0.717, 1.165) is 17.8 Å². The maximum Gasteiger partial charge on any atom is 0.221 e. The van der Waals surface area contributed by atoms with Crippen LogP contribution in [-0.2, 0) is 11.3 Å². The monoisotopic (exact) mass is 302 g/mol. The van der Waals surface area contributed by atoms with Gasteiger partial charge in [0.25, 0.3) is 0 Å². The van der Waals surface area contributed by atoms with E-state index < -0.39 is 0 Å². The molecule has 0 bridgehead atoms. The Balaban J connectivity index is 2.19. The van der Waals surface area contributed by atoms with Gasteiger partial charge in [0.2, 0.25) is 5.91 Å². The number of carbonyl (C=O) groups is 2. The lowest BCUT2D eigenvalue weighted by Crippen LogP contribution is -2.33. The van der Waals surface area contributed by atoms with Gasteiger partial charge in [-0.05, 0) is 50.6 Å². The first-order chi connectivity index (χ1) is 10.5. The molecule has 2 rings (SSSR count). The summed E-state index contributed by atoms with van der Waals surface area (Å²) in [5, 5.41) is 2.87. The smallest absolute Gasteiger partial charge is 0.221 e. The van der Waals surface area contributed by atoms with Crippen molar-refractivity contribution < 1.29 is 9.59 Å². The van der Waals surface area contributed by atoms with Gasteiger partial charge in [-0.2, -0.15) is 0 Å². The molecule has 0 heterocycles. The fraction of sp³-hybridized carbons (Fsp3) is 0.556. The SMILES string of the molecule is CC(=O)Nc1ccc(C(C)=O)cc1CN(C)C1CCCCC1. The van der Waals surface area contributed by atoms with Gasteiger partial charge in [-0.15, -0.1) is 0 Å². The van der Waals surface area contributed by atoms with Gasteiger partial charge in [-0.1, -0.05) is 19.3 Å². The van der Waals surface area contributed by atoms with Gasteiger partial charge in [0.1, 0.15) is 0 Å². The minimum Gasteiger partial charge on any atom is -0.326 e. The molecule has 0 atom stereocenters. The number of hydrogen-bond donors (Lipinski definition) is 1. The quantitative estimate of drug-likeness (QED) is 0.845. The van der Waals surface area contributed by atoms with Crippen LogP contribution in [-0.4, -0.2) is 29.7 Å². The predicted octanol–water partition coefficient (Wildman–Crippen LogP) is 3.61. The zero-order valence-electron chi connectivity index (χ0n) is 13.8. The Morgan fingerprint density at radius 3 is 2.45 bits per heavy atom. The number of anilines is 1. The molecular weight excluding hydrogens is 276 g/mol. The van der Waals surface area contributed by atoms with Crippen LogP contribution >= 0.6 is 0 Å². The summed E-state index contributed by atoms with van der Waals surface area (Å²) in [5.74, 6) is -0.0342. The van der Waals surface area contributed by atoms with Crippen LogP contribution < -0.4 is 5.32 Å². The summed E-state index contributed by atoms with van der Waals surface area (Å²) in [6, 6.07) is 6.12. The van der Waals surface area contributed by atoms with Crippen LogP contribution in [0.4, 0.5) is 5.69 Å². The van der Waals surface area contributed by atoms with Gasteiger partial charge in [0, 0.05) is 30.8 Å². The van der Waals surface area contributed by atoms with Crippen molar-refractivity contribution in [2.45, 2.75) is 58.5 Å². The highest BCUT2D eigenvalue weighted by Crippen LogP contribution is 2.25. The van der Waals surface area contributed by atoms with E-state index in [-0.39, 0.29) is 11.7 Å². The number of ketones is 1. The highest BCUT2D eigenvalue weighted by atomic mass is 16.1. The fourth-order valence-electron chi connectivity index (χ4n) is 3.17. The van der Waals surface area contributed by atoms with Crippen molar-refractivity contribution in [1.82, 2.24) is 4.90 Å². The van der Waals surface area contributed by atoms with Crippen LogP contribution in [0.2, 0.25) is 0 Å². The van der Waals surface area contributed by atoms with Gasteiger partial charge >= 0.3 is 0 Å². The van der Waals surface area contributed by atoms with E-state index in [2.05, 4.69) is 17.3 Å². The molecular formula is C18H26N2O2. The van der Waals surface area contributed by atoms with E-state index >= 15 is 0 Å². The van der Waals surface area contributed by atoms with Crippen LogP contribution in [0.1, 0.15) is 61.9 Å². The Morgan fingerprint density at radius 2 is 1.86 bits per heavy atom. The first-order valence-corrected chi connectivity index (χ1v) is 8.09. The molecule has 4 nitrogen and oxygen atoms in total. The topological polar surface area (TPSA) is 49.4 Å². The van der Waals surface area contributed by atoms with E-state index in [1.165, 1.54) is 39.0 Å². The largest absolute Gasteiger partial charge is 0.326 e. The summed E-state index contributed by atoms with van der Waals surface area (Å²) in [6.45, 7) is 3.83. The molecule has 0 unspecified atom stereocenters. The van der Waals surface area contributed by atoms with Crippen LogP contribution in [0.25, 0.3) is 0 Å². The van der Waals surface area contributed by atoms with Crippen molar-refractivity contribution in [2.75, 3.05) is 12.4 Å². The molecule has 1 aliphatic rings. The molecule has 4 heteroatoms. The minimum absolute atomic E-state index is 0.0518. The Labute approximate surface area is 132 Å². The van der Waals surface area contributed by atoms with E-state index in [1.807, 2.05) is 12.1 Å². The summed E-state index contributed by atoms with van der Waals surface area (Å²) in [6.07, 6.45) is 6.39. The first-order valence-electron chi connectivity index (χ1n) is 8.09. The van der Waals surface area contributed by atoms with Gasteiger partial charge in [0.05, 0.1) is 0 Å². The molecule has 0 aromatic heterocycles. The minimum atomic E-state index is -0.0860. The third kappa shape index (κ3) is 4.41. The van der Waals surface area contributed by atoms with Gasteiger partial charge in [-0.3, -0.25) is 14.5 Å². The summed E-state index contributed by atoms with van der Waals surface area (Å²) in [4.78, 5) is 25.3. The van der Waals surface area contributed by atoms with Gasteiger partial charge in [0.15, 0.2) is 5.78 Å². The zero-order chi connectivity index (χ0) is 16.1. The van der Waals surface area contributed by atoms with E-state index in [4.69, 9.17) is 0 Å². The molecule has 120 valence electrons. The lowest BCUT2D eigenvalue weighted by molar-refractivity contribution is -0.114. The van der Waals surface area contributed by atoms with E-state index in [9.17, 15) is 9.59 Å². The first kappa shape index (κ1) is 16.7. The fourth-order valence-corrected chi connectivity index (χ4v) is 3.17. The second kappa shape index (κ2) is 7.54. The standard InChI is InChI=1S/C18H26N2O2/c1-13(21)15-9-10-18(19-14(2)22)16(11-15)12-20(3)17-7-5-4-6-8-17/h9-11,17H,4-8,12H2,1-3H3,(H,19,22). The number of Topliss-reactive ketones (excluding diaryl/α,β-unsaturated/α-hetero) is 1. The van der Waals surface area contributed by atoms with Gasteiger partial charge < -0.3 is 5.32 Å². The van der Waals surface area contributed by atoms with Crippen LogP contribution in [0.15, 0.2) is 18.2 Å². The van der Waals surface area contributed by atoms with Crippen molar-refractivity contribution in [3.8, 4) is 0 Å². The number of rotatable bonds is 5. The van der Waals surface area contributed by atoms with E-state index in [0.29, 0.717) is 11.6 Å². The molecule has 0 aliphatic heterocycles. The Bertz CT molecular complexity index is 548. The van der Waals surface area contributed by atoms with Crippen molar-refractivity contribution in [2.24, 2.45) is 0 Å². The molecule has 1 fully saturated rings. The summed E-state index contributed by atoms with van der Waals surface area (Å²) >= 11 is 0.